The Morgan fingerprint density at radius 2 is 1.35 bits per heavy atom. The van der Waals surface area contributed by atoms with Gasteiger partial charge in [0.2, 0.25) is 6.21 Å². The van der Waals surface area contributed by atoms with Gasteiger partial charge in [-0.25, -0.2) is 4.58 Å². The summed E-state index contributed by atoms with van der Waals surface area (Å²) in [5.41, 5.74) is 0.134. The largest absolute Gasteiger partial charge is 0.367 e. The van der Waals surface area contributed by atoms with Crippen LogP contribution < -0.4 is 0 Å². The van der Waals surface area contributed by atoms with Gasteiger partial charge in [0.15, 0.2) is 0 Å². The van der Waals surface area contributed by atoms with E-state index in [1.807, 2.05) is 64.9 Å². The molecule has 0 aromatic carbocycles. The number of rotatable bonds is 7. The van der Waals surface area contributed by atoms with Crippen LogP contribution in [0.1, 0.15) is 55.4 Å². The number of nitro groups is 1. The molecule has 0 unspecified atom stereocenters. The van der Waals surface area contributed by atoms with Crippen LogP contribution in [0.15, 0.2) is 11.9 Å². The smallest absolute Gasteiger partial charge is 0.347 e. The van der Waals surface area contributed by atoms with Gasteiger partial charge in [-0.1, -0.05) is 0 Å². The van der Waals surface area contributed by atoms with Gasteiger partial charge >= 0.3 is 5.70 Å². The molecule has 0 aromatic heterocycles. The minimum atomic E-state index is -0.310. The average Bonchev–Trinajstić information content (AvgIpc) is 2.26. The monoisotopic (exact) mass is 284 g/mol. The van der Waals surface area contributed by atoms with Gasteiger partial charge in [0.05, 0.1) is 11.1 Å². The summed E-state index contributed by atoms with van der Waals surface area (Å²) >= 11 is 0. The van der Waals surface area contributed by atoms with Gasteiger partial charge in [-0.2, -0.15) is 0 Å². The zero-order valence-corrected chi connectivity index (χ0v) is 14.1. The molecule has 0 aliphatic carbocycles. The SMILES string of the molecule is CC(C)N(/C=C(/C=[N+](C(C)C)C(C)C)[N+](=O)[O-])C(C)C. The quantitative estimate of drug-likeness (QED) is 0.312. The summed E-state index contributed by atoms with van der Waals surface area (Å²) < 4.78 is 2.01. The maximum Gasteiger partial charge on any atom is 0.347 e. The third-order valence-corrected chi connectivity index (χ3v) is 3.16. The molecule has 5 heteroatoms. The molecule has 20 heavy (non-hydrogen) atoms. The van der Waals surface area contributed by atoms with E-state index < -0.39 is 0 Å². The summed E-state index contributed by atoms with van der Waals surface area (Å²) in [6, 6.07) is 0.907. The molecule has 0 atom stereocenters. The van der Waals surface area contributed by atoms with Crippen molar-refractivity contribution in [1.82, 2.24) is 4.90 Å². The summed E-state index contributed by atoms with van der Waals surface area (Å²) in [6.45, 7) is 16.3. The lowest BCUT2D eigenvalue weighted by Crippen LogP contribution is -2.34. The van der Waals surface area contributed by atoms with E-state index in [1.165, 1.54) is 0 Å². The molecule has 0 aromatic rings. The Balaban J connectivity index is 5.65. The first-order valence-corrected chi connectivity index (χ1v) is 7.33. The molecule has 0 saturated carbocycles. The second-order valence-electron chi connectivity index (χ2n) is 6.21. The zero-order valence-electron chi connectivity index (χ0n) is 14.1. The van der Waals surface area contributed by atoms with Crippen LogP contribution in [0.4, 0.5) is 0 Å². The highest BCUT2D eigenvalue weighted by Gasteiger charge is 2.22. The van der Waals surface area contributed by atoms with Crippen LogP contribution in [0.25, 0.3) is 0 Å². The van der Waals surface area contributed by atoms with Gasteiger partial charge in [0.1, 0.15) is 12.1 Å². The summed E-state index contributed by atoms with van der Waals surface area (Å²) in [7, 11) is 0. The summed E-state index contributed by atoms with van der Waals surface area (Å²) in [6.07, 6.45) is 3.32. The second kappa shape index (κ2) is 8.02. The van der Waals surface area contributed by atoms with Crippen molar-refractivity contribution in [3.8, 4) is 0 Å². The lowest BCUT2D eigenvalue weighted by molar-refractivity contribution is -0.587. The minimum Gasteiger partial charge on any atom is -0.367 e. The van der Waals surface area contributed by atoms with Crippen molar-refractivity contribution in [3.63, 3.8) is 0 Å². The third kappa shape index (κ3) is 5.72. The van der Waals surface area contributed by atoms with E-state index in [1.54, 1.807) is 12.4 Å². The zero-order chi connectivity index (χ0) is 16.0. The molecule has 0 spiro atoms. The van der Waals surface area contributed by atoms with E-state index in [0.29, 0.717) is 0 Å². The summed E-state index contributed by atoms with van der Waals surface area (Å²) in [4.78, 5) is 13.0. The predicted molar refractivity (Wildman–Crippen MR) is 83.8 cm³/mol. The van der Waals surface area contributed by atoms with Gasteiger partial charge < -0.3 is 4.90 Å². The molecule has 0 aliphatic rings. The van der Waals surface area contributed by atoms with E-state index in [-0.39, 0.29) is 34.8 Å². The molecule has 116 valence electrons. The van der Waals surface area contributed by atoms with Crippen molar-refractivity contribution in [3.05, 3.63) is 22.0 Å². The molecule has 0 rings (SSSR count). The van der Waals surface area contributed by atoms with E-state index in [9.17, 15) is 10.1 Å². The maximum atomic E-state index is 11.3. The minimum absolute atomic E-state index is 0.134. The Morgan fingerprint density at radius 1 is 0.950 bits per heavy atom. The van der Waals surface area contributed by atoms with Gasteiger partial charge in [-0.05, 0) is 55.4 Å². The highest BCUT2D eigenvalue weighted by molar-refractivity contribution is 5.70. The molecule has 0 radical (unpaired) electrons. The maximum absolute atomic E-state index is 11.3. The van der Waals surface area contributed by atoms with Crippen LogP contribution in [-0.4, -0.2) is 44.8 Å². The molecular weight excluding hydrogens is 254 g/mol. The van der Waals surface area contributed by atoms with Crippen LogP contribution in [0, 0.1) is 10.1 Å². The number of allylic oxidation sites excluding steroid dienone is 1. The van der Waals surface area contributed by atoms with Gasteiger partial charge in [0.25, 0.3) is 0 Å². The van der Waals surface area contributed by atoms with Crippen LogP contribution in [-0.2, 0) is 0 Å². The Kier molecular flexibility index (Phi) is 7.46. The van der Waals surface area contributed by atoms with Crippen LogP contribution in [0.5, 0.6) is 0 Å². The van der Waals surface area contributed by atoms with Crippen LogP contribution in [0.3, 0.4) is 0 Å². The molecule has 0 N–H and O–H groups in total. The molecule has 0 heterocycles. The highest BCUT2D eigenvalue weighted by atomic mass is 16.6. The van der Waals surface area contributed by atoms with E-state index in [0.717, 1.165) is 0 Å². The van der Waals surface area contributed by atoms with Crippen molar-refractivity contribution < 1.29 is 9.50 Å². The normalized spacial score (nSPS) is 12.5. The lowest BCUT2D eigenvalue weighted by Gasteiger charge is -2.28. The lowest BCUT2D eigenvalue weighted by atomic mass is 10.2. The summed E-state index contributed by atoms with van der Waals surface area (Å²) in [5, 5.41) is 11.3. The first-order chi connectivity index (χ1) is 9.07. The fraction of sp³-hybridized carbons (Fsp3) is 0.800. The topological polar surface area (TPSA) is 49.4 Å². The average molecular weight is 284 g/mol. The summed E-state index contributed by atoms with van der Waals surface area (Å²) in [5.74, 6) is 0. The van der Waals surface area contributed by atoms with Crippen molar-refractivity contribution in [1.29, 1.82) is 0 Å². The molecular formula is C15H30N3O2+. The molecule has 0 saturated heterocycles. The first-order valence-electron chi connectivity index (χ1n) is 7.33. The van der Waals surface area contributed by atoms with Crippen LogP contribution >= 0.6 is 0 Å². The number of hydrogen-bond donors (Lipinski definition) is 0. The fourth-order valence-corrected chi connectivity index (χ4v) is 2.22. The van der Waals surface area contributed by atoms with E-state index >= 15 is 0 Å². The first kappa shape index (κ1) is 18.6. The fourth-order valence-electron chi connectivity index (χ4n) is 2.22. The van der Waals surface area contributed by atoms with Crippen molar-refractivity contribution in [2.75, 3.05) is 0 Å². The molecule has 0 aliphatic heterocycles. The molecule has 0 amide bonds. The molecule has 0 bridgehead atoms. The standard InChI is InChI=1S/C15H30N3O2/c1-11(2)16(12(3)4)9-15(18(19)20)10-17(13(5)6)14(7)8/h9-14H,1-8H3/q+1. The molecule has 0 fully saturated rings. The van der Waals surface area contributed by atoms with Crippen molar-refractivity contribution in [2.45, 2.75) is 79.6 Å². The van der Waals surface area contributed by atoms with E-state index in [2.05, 4.69) is 0 Å². The molecule has 5 nitrogen and oxygen atoms in total. The van der Waals surface area contributed by atoms with Gasteiger partial charge in [0, 0.05) is 12.1 Å². The Labute approximate surface area is 123 Å². The number of hydrogen-bond acceptors (Lipinski definition) is 3. The van der Waals surface area contributed by atoms with Gasteiger partial charge in [-0.15, -0.1) is 0 Å². The van der Waals surface area contributed by atoms with E-state index in [4.69, 9.17) is 0 Å². The van der Waals surface area contributed by atoms with Crippen molar-refractivity contribution >= 4 is 6.21 Å². The highest BCUT2D eigenvalue weighted by Crippen LogP contribution is 2.09. The van der Waals surface area contributed by atoms with Crippen LogP contribution in [0.2, 0.25) is 0 Å². The third-order valence-electron chi connectivity index (χ3n) is 3.16. The Hall–Kier alpha value is -1.39. The van der Waals surface area contributed by atoms with Gasteiger partial charge in [-0.3, -0.25) is 10.1 Å². The number of nitrogens with zero attached hydrogens (tertiary/aromatic N) is 3. The second-order valence-corrected chi connectivity index (χ2v) is 6.21. The van der Waals surface area contributed by atoms with Crippen molar-refractivity contribution in [2.24, 2.45) is 0 Å². The Morgan fingerprint density at radius 3 is 1.60 bits per heavy atom. The predicted octanol–water partition coefficient (Wildman–Crippen LogP) is 3.12. The Bertz CT molecular complexity index is 365.